The fourth-order valence-electron chi connectivity index (χ4n) is 2.95. The molecule has 4 N–H and O–H groups in total. The van der Waals surface area contributed by atoms with Crippen molar-refractivity contribution in [2.75, 3.05) is 5.32 Å². The fourth-order valence-corrected chi connectivity index (χ4v) is 4.45. The van der Waals surface area contributed by atoms with Gasteiger partial charge in [-0.25, -0.2) is 21.9 Å². The van der Waals surface area contributed by atoms with E-state index in [0.29, 0.717) is 18.9 Å². The van der Waals surface area contributed by atoms with Gasteiger partial charge >= 0.3 is 0 Å². The van der Waals surface area contributed by atoms with Gasteiger partial charge in [0.2, 0.25) is 15.9 Å². The molecule has 1 aliphatic rings. The SMILES string of the molecule is CC(C)(C)NS(=O)(=O)c1cc(NC(=O)C2(N)CCCCC2)c(F)cc1F.Cl. The fraction of sp³-hybridized carbons (Fsp3) is 0.588. The third-order valence-electron chi connectivity index (χ3n) is 4.20. The molecule has 0 aromatic heterocycles. The van der Waals surface area contributed by atoms with Gasteiger partial charge in [0.25, 0.3) is 0 Å². The van der Waals surface area contributed by atoms with Gasteiger partial charge < -0.3 is 11.1 Å². The summed E-state index contributed by atoms with van der Waals surface area (Å²) < 4.78 is 55.2. The van der Waals surface area contributed by atoms with E-state index in [1.165, 1.54) is 0 Å². The average molecular weight is 426 g/mol. The van der Waals surface area contributed by atoms with Crippen LogP contribution < -0.4 is 15.8 Å². The van der Waals surface area contributed by atoms with Crippen LogP contribution in [-0.4, -0.2) is 25.4 Å². The topological polar surface area (TPSA) is 101 Å². The molecule has 27 heavy (non-hydrogen) atoms. The maximum Gasteiger partial charge on any atom is 0.244 e. The number of sulfonamides is 1. The van der Waals surface area contributed by atoms with Gasteiger partial charge in [-0.15, -0.1) is 12.4 Å². The lowest BCUT2D eigenvalue weighted by Gasteiger charge is -2.31. The number of amides is 1. The van der Waals surface area contributed by atoms with Crippen LogP contribution >= 0.6 is 12.4 Å². The lowest BCUT2D eigenvalue weighted by atomic mass is 9.82. The van der Waals surface area contributed by atoms with Gasteiger partial charge in [0, 0.05) is 11.6 Å². The lowest BCUT2D eigenvalue weighted by Crippen LogP contribution is -2.52. The first-order chi connectivity index (χ1) is 11.8. The highest BCUT2D eigenvalue weighted by Gasteiger charge is 2.36. The normalized spacial score (nSPS) is 17.1. The number of anilines is 1. The van der Waals surface area contributed by atoms with Crippen LogP contribution in [0.5, 0.6) is 0 Å². The first-order valence-electron chi connectivity index (χ1n) is 8.47. The largest absolute Gasteiger partial charge is 0.322 e. The third kappa shape index (κ3) is 5.84. The van der Waals surface area contributed by atoms with Gasteiger partial charge in [0.15, 0.2) is 0 Å². The summed E-state index contributed by atoms with van der Waals surface area (Å²) in [6.45, 7) is 4.78. The Hall–Kier alpha value is -1.29. The predicted octanol–water partition coefficient (Wildman–Crippen LogP) is 3.06. The molecule has 2 rings (SSSR count). The summed E-state index contributed by atoms with van der Waals surface area (Å²) in [6, 6.07) is 1.22. The van der Waals surface area contributed by atoms with Crippen molar-refractivity contribution in [1.82, 2.24) is 4.72 Å². The Labute approximate surface area is 164 Å². The standard InChI is InChI=1S/C17H25F2N3O3S.ClH/c1-16(2,3)22-26(24,25)14-10-13(11(18)9-12(14)19)21-15(23)17(20)7-5-4-6-8-17;/h9-10,22H,4-8,20H2,1-3H3,(H,21,23);1H. The van der Waals surface area contributed by atoms with E-state index in [0.717, 1.165) is 25.3 Å². The van der Waals surface area contributed by atoms with Gasteiger partial charge in [-0.05, 0) is 39.7 Å². The van der Waals surface area contributed by atoms with Gasteiger partial charge in [0.05, 0.1) is 11.2 Å². The molecule has 0 saturated heterocycles. The summed E-state index contributed by atoms with van der Waals surface area (Å²) in [5, 5.41) is 2.33. The Bertz CT molecular complexity index is 804. The summed E-state index contributed by atoms with van der Waals surface area (Å²) in [5.41, 5.74) is 3.69. The predicted molar refractivity (Wildman–Crippen MR) is 102 cm³/mol. The molecule has 1 aromatic rings. The molecule has 0 heterocycles. The number of hydrogen-bond acceptors (Lipinski definition) is 4. The van der Waals surface area contributed by atoms with E-state index in [4.69, 9.17) is 5.73 Å². The zero-order valence-electron chi connectivity index (χ0n) is 15.6. The van der Waals surface area contributed by atoms with Gasteiger partial charge in [-0.2, -0.15) is 0 Å². The third-order valence-corrected chi connectivity index (χ3v) is 5.97. The van der Waals surface area contributed by atoms with Crippen molar-refractivity contribution in [3.8, 4) is 0 Å². The van der Waals surface area contributed by atoms with E-state index in [2.05, 4.69) is 10.0 Å². The number of nitrogens with two attached hydrogens (primary N) is 1. The molecule has 154 valence electrons. The summed E-state index contributed by atoms with van der Waals surface area (Å²) >= 11 is 0. The van der Waals surface area contributed by atoms with Crippen LogP contribution in [0.2, 0.25) is 0 Å². The Morgan fingerprint density at radius 1 is 1.11 bits per heavy atom. The summed E-state index contributed by atoms with van der Waals surface area (Å²) in [5.74, 6) is -2.91. The minimum atomic E-state index is -4.24. The van der Waals surface area contributed by atoms with Crippen molar-refractivity contribution in [1.29, 1.82) is 0 Å². The molecule has 1 saturated carbocycles. The zero-order chi connectivity index (χ0) is 19.8. The number of carbonyl (C=O) groups is 1. The van der Waals surface area contributed by atoms with Crippen molar-refractivity contribution in [2.24, 2.45) is 5.73 Å². The van der Waals surface area contributed by atoms with Crippen molar-refractivity contribution in [3.63, 3.8) is 0 Å². The molecule has 0 unspecified atom stereocenters. The second-order valence-corrected chi connectivity index (χ2v) is 9.44. The Balaban J connectivity index is 0.00000364. The quantitative estimate of drug-likeness (QED) is 0.689. The number of carbonyl (C=O) groups excluding carboxylic acids is 1. The van der Waals surface area contributed by atoms with Crippen molar-refractivity contribution >= 4 is 34.0 Å². The van der Waals surface area contributed by atoms with E-state index < -0.39 is 49.2 Å². The van der Waals surface area contributed by atoms with E-state index in [1.54, 1.807) is 20.8 Å². The van der Waals surface area contributed by atoms with Crippen molar-refractivity contribution in [3.05, 3.63) is 23.8 Å². The smallest absolute Gasteiger partial charge is 0.244 e. The lowest BCUT2D eigenvalue weighted by molar-refractivity contribution is -0.122. The van der Waals surface area contributed by atoms with E-state index in [1.807, 2.05) is 0 Å². The van der Waals surface area contributed by atoms with Crippen LogP contribution in [0, 0.1) is 11.6 Å². The van der Waals surface area contributed by atoms with Crippen LogP contribution in [0.1, 0.15) is 52.9 Å². The molecule has 1 amide bonds. The molecule has 0 spiro atoms. The van der Waals surface area contributed by atoms with Crippen LogP contribution in [0.3, 0.4) is 0 Å². The number of rotatable bonds is 4. The maximum atomic E-state index is 14.1. The van der Waals surface area contributed by atoms with Crippen LogP contribution in [-0.2, 0) is 14.8 Å². The van der Waals surface area contributed by atoms with Gasteiger partial charge in [-0.3, -0.25) is 4.79 Å². The highest BCUT2D eigenvalue weighted by atomic mass is 35.5. The molecular formula is C17H26ClF2N3O3S. The molecule has 10 heteroatoms. The minimum absolute atomic E-state index is 0. The second kappa shape index (κ2) is 8.38. The molecule has 1 aromatic carbocycles. The first kappa shape index (κ1) is 23.7. The Morgan fingerprint density at radius 3 is 2.19 bits per heavy atom. The average Bonchev–Trinajstić information content (AvgIpc) is 2.47. The molecular weight excluding hydrogens is 400 g/mol. The van der Waals surface area contributed by atoms with Crippen molar-refractivity contribution < 1.29 is 22.0 Å². The number of hydrogen-bond donors (Lipinski definition) is 3. The van der Waals surface area contributed by atoms with Crippen LogP contribution in [0.25, 0.3) is 0 Å². The molecule has 0 atom stereocenters. The van der Waals surface area contributed by atoms with Crippen LogP contribution in [0.4, 0.5) is 14.5 Å². The molecule has 1 aliphatic carbocycles. The van der Waals surface area contributed by atoms with Gasteiger partial charge in [-0.1, -0.05) is 19.3 Å². The molecule has 0 bridgehead atoms. The zero-order valence-corrected chi connectivity index (χ0v) is 17.2. The maximum absolute atomic E-state index is 14.1. The monoisotopic (exact) mass is 425 g/mol. The highest BCUT2D eigenvalue weighted by molar-refractivity contribution is 7.89. The number of benzene rings is 1. The summed E-state index contributed by atoms with van der Waals surface area (Å²) in [7, 11) is -4.24. The van der Waals surface area contributed by atoms with Crippen molar-refractivity contribution in [2.45, 2.75) is 68.8 Å². The summed E-state index contributed by atoms with van der Waals surface area (Å²) in [4.78, 5) is 11.7. The number of halogens is 3. The molecule has 1 fully saturated rings. The molecule has 0 radical (unpaired) electrons. The number of nitrogens with one attached hydrogen (secondary N) is 2. The Kier molecular flexibility index (Phi) is 7.37. The second-order valence-electron chi connectivity index (χ2n) is 7.79. The minimum Gasteiger partial charge on any atom is -0.322 e. The first-order valence-corrected chi connectivity index (χ1v) is 9.96. The Morgan fingerprint density at radius 2 is 1.67 bits per heavy atom. The summed E-state index contributed by atoms with van der Waals surface area (Å²) in [6.07, 6.45) is 3.45. The van der Waals surface area contributed by atoms with Crippen LogP contribution in [0.15, 0.2) is 17.0 Å². The molecule has 0 aliphatic heterocycles. The van der Waals surface area contributed by atoms with E-state index in [-0.39, 0.29) is 12.4 Å². The van der Waals surface area contributed by atoms with Gasteiger partial charge in [0.1, 0.15) is 16.5 Å². The van der Waals surface area contributed by atoms with E-state index >= 15 is 0 Å². The highest BCUT2D eigenvalue weighted by Crippen LogP contribution is 2.29. The van der Waals surface area contributed by atoms with E-state index in [9.17, 15) is 22.0 Å². The molecule has 6 nitrogen and oxygen atoms in total.